The molecular weight excluding hydrogens is 943 g/mol. The maximum absolute atomic E-state index is 10.7. The Morgan fingerprint density at radius 3 is 1.04 bits per heavy atom. The van der Waals surface area contributed by atoms with Gasteiger partial charge in [-0.1, -0.05) is 0 Å². The fraction of sp³-hybridized carbons (Fsp3) is 0.533. The molecule has 17 nitrogen and oxygen atoms in total. The molecule has 0 fully saturated rings. The van der Waals surface area contributed by atoms with Gasteiger partial charge in [-0.05, 0) is 12.1 Å². The monoisotopic (exact) mass is 953 g/mol. The molecule has 0 radical (unpaired) electrons. The Kier molecular flexibility index (Phi) is 20.2. The first-order chi connectivity index (χ1) is 20.9. The van der Waals surface area contributed by atoms with Gasteiger partial charge in [-0.3, -0.25) is 4.98 Å². The SMILES string of the molecule is O=S(=O)([O-])C(F)(F)F.O=S(=O)([O-])C(F)(F)F.O=S(=O)([O-])C(F)(F)F.O=S(=O)([O-])C(F)(F)F.[Ce+4].c1cnc(C2=NCCO2)c(C2=NCCO2)c1. The van der Waals surface area contributed by atoms with E-state index in [1.165, 1.54) is 0 Å². The Labute approximate surface area is 299 Å². The Balaban J connectivity index is -0.000000565. The van der Waals surface area contributed by atoms with Crippen LogP contribution in [-0.2, 0) is 49.9 Å². The number of nitrogens with zero attached hydrogens (tertiary/aromatic N) is 3. The summed E-state index contributed by atoms with van der Waals surface area (Å²) in [6.07, 6.45) is 1.72. The van der Waals surface area contributed by atoms with Gasteiger partial charge < -0.3 is 27.7 Å². The zero-order chi connectivity index (χ0) is 38.8. The average molecular weight is 954 g/mol. The van der Waals surface area contributed by atoms with Crippen LogP contribution in [0.2, 0.25) is 0 Å². The topological polar surface area (TPSA) is 285 Å². The quantitative estimate of drug-likeness (QED) is 0.226. The van der Waals surface area contributed by atoms with Crippen molar-refractivity contribution in [3.63, 3.8) is 0 Å². The molecule has 3 rings (SSSR count). The summed E-state index contributed by atoms with van der Waals surface area (Å²) >= 11 is 0. The van der Waals surface area contributed by atoms with Crippen molar-refractivity contribution >= 4 is 52.3 Å². The van der Waals surface area contributed by atoms with Crippen LogP contribution in [0.15, 0.2) is 28.3 Å². The van der Waals surface area contributed by atoms with Crippen LogP contribution >= 0.6 is 0 Å². The summed E-state index contributed by atoms with van der Waals surface area (Å²) in [4.78, 5) is 12.8. The largest absolute Gasteiger partial charge is 4.00 e. The van der Waals surface area contributed by atoms with Crippen molar-refractivity contribution in [2.75, 3.05) is 26.3 Å². The van der Waals surface area contributed by atoms with Gasteiger partial charge in [0.2, 0.25) is 11.8 Å². The molecule has 282 valence electrons. The van der Waals surface area contributed by atoms with Crippen LogP contribution in [0.4, 0.5) is 52.7 Å². The predicted octanol–water partition coefficient (Wildman–Crippen LogP) is 0.841. The van der Waals surface area contributed by atoms with E-state index < -0.39 is 62.5 Å². The van der Waals surface area contributed by atoms with Gasteiger partial charge in [-0.15, -0.1) is 0 Å². The Morgan fingerprint density at radius 2 is 0.816 bits per heavy atom. The van der Waals surface area contributed by atoms with E-state index in [4.69, 9.17) is 61.4 Å². The minimum absolute atomic E-state index is 0. The number of hydrogen-bond donors (Lipinski definition) is 0. The van der Waals surface area contributed by atoms with Gasteiger partial charge in [0.05, 0.1) is 18.7 Å². The molecule has 0 unspecified atom stereocenters. The smallest absolute Gasteiger partial charge is 0.741 e. The van der Waals surface area contributed by atoms with Crippen LogP contribution in [-0.4, -0.2) is 117 Å². The van der Waals surface area contributed by atoms with Gasteiger partial charge in [0.1, 0.15) is 18.9 Å². The van der Waals surface area contributed by atoms with Crippen molar-refractivity contribution in [2.24, 2.45) is 9.98 Å². The molecule has 49 heavy (non-hydrogen) atoms. The third kappa shape index (κ3) is 20.0. The summed E-state index contributed by atoms with van der Waals surface area (Å²) in [5.74, 6) is 1.23. The number of hydrogen-bond acceptors (Lipinski definition) is 17. The number of alkyl halides is 12. The number of aliphatic imine (C=N–C) groups is 2. The van der Waals surface area contributed by atoms with E-state index in [9.17, 15) is 52.7 Å². The molecule has 0 aliphatic carbocycles. The van der Waals surface area contributed by atoms with E-state index in [0.29, 0.717) is 38.1 Å². The minimum atomic E-state index is -6.09. The fourth-order valence-electron chi connectivity index (χ4n) is 1.72. The number of ether oxygens (including phenoxy) is 2. The third-order valence-electron chi connectivity index (χ3n) is 3.55. The van der Waals surface area contributed by atoms with E-state index in [2.05, 4.69) is 15.0 Å². The molecule has 1 aromatic rings. The predicted molar refractivity (Wildman–Crippen MR) is 122 cm³/mol. The first-order valence-corrected chi connectivity index (χ1v) is 16.0. The summed E-state index contributed by atoms with van der Waals surface area (Å²) in [6, 6.07) is 3.79. The van der Waals surface area contributed by atoms with Gasteiger partial charge in [-0.25, -0.2) is 43.7 Å². The van der Waals surface area contributed by atoms with Gasteiger partial charge in [0.25, 0.3) is 0 Å². The molecule has 0 saturated heterocycles. The number of pyridine rings is 1. The number of aromatic nitrogens is 1. The summed E-state index contributed by atoms with van der Waals surface area (Å²) in [5, 5.41) is 0. The van der Waals surface area contributed by atoms with E-state index in [1.54, 1.807) is 6.20 Å². The zero-order valence-corrected chi connectivity index (χ0v) is 28.7. The van der Waals surface area contributed by atoms with Crippen LogP contribution in [0, 0.1) is 41.7 Å². The first kappa shape index (κ1) is 51.6. The third-order valence-corrected chi connectivity index (χ3v) is 5.81. The van der Waals surface area contributed by atoms with Gasteiger partial charge >= 0.3 is 63.8 Å². The van der Waals surface area contributed by atoms with Crippen molar-refractivity contribution in [1.82, 2.24) is 4.98 Å². The van der Waals surface area contributed by atoms with E-state index >= 15 is 0 Å². The molecule has 2 aliphatic rings. The summed E-state index contributed by atoms with van der Waals surface area (Å²) in [5.41, 5.74) is -21.0. The molecule has 0 spiro atoms. The molecule has 0 N–H and O–H groups in total. The molecule has 3 heterocycles. The molecule has 2 aliphatic heterocycles. The number of rotatable bonds is 2. The van der Waals surface area contributed by atoms with Crippen molar-refractivity contribution in [2.45, 2.75) is 22.0 Å². The second-order valence-electron chi connectivity index (χ2n) is 7.07. The maximum atomic E-state index is 10.7. The van der Waals surface area contributed by atoms with Crippen LogP contribution in [0.1, 0.15) is 11.3 Å². The molecule has 0 bridgehead atoms. The minimum Gasteiger partial charge on any atom is -0.741 e. The Morgan fingerprint density at radius 1 is 0.551 bits per heavy atom. The van der Waals surface area contributed by atoms with Crippen molar-refractivity contribution < 1.29 is 156 Å². The van der Waals surface area contributed by atoms with Crippen molar-refractivity contribution in [3.05, 3.63) is 29.6 Å². The molecular formula is C15H11CeF12N3O14S4. The first-order valence-electron chi connectivity index (χ1n) is 10.3. The van der Waals surface area contributed by atoms with Crippen molar-refractivity contribution in [1.29, 1.82) is 0 Å². The number of halogens is 12. The normalized spacial score (nSPS) is 15.3. The summed E-state index contributed by atoms with van der Waals surface area (Å²) < 4.78 is 246. The second-order valence-corrected chi connectivity index (χ2v) is 12.6. The van der Waals surface area contributed by atoms with E-state index in [1.807, 2.05) is 12.1 Å². The molecule has 0 aromatic carbocycles. The molecule has 34 heteroatoms. The van der Waals surface area contributed by atoms with Crippen LogP contribution in [0.3, 0.4) is 0 Å². The standard InChI is InChI=1S/C11H11N3O2.4CHF3O3S.Ce/c1-2-8(10-13-4-6-15-10)9(12-3-1)11-14-5-7-16-11;4*2-1(3,4)8(5,6)7;/h1-3H,4-7H2;4*(H,5,6,7);/q;;;;;+4/p-4. The maximum Gasteiger partial charge on any atom is 4.00 e. The molecule has 0 amide bonds. The average Bonchev–Trinajstić information content (AvgIpc) is 3.55. The molecule has 0 atom stereocenters. The van der Waals surface area contributed by atoms with Crippen LogP contribution in [0.25, 0.3) is 0 Å². The summed E-state index contributed by atoms with van der Waals surface area (Å²) in [6.45, 7) is 2.66. The second kappa shape index (κ2) is 19.2. The summed E-state index contributed by atoms with van der Waals surface area (Å²) in [7, 11) is -24.4. The molecule has 1 aromatic heterocycles. The van der Waals surface area contributed by atoms with Crippen LogP contribution < -0.4 is 0 Å². The van der Waals surface area contributed by atoms with E-state index in [-0.39, 0.29) is 41.7 Å². The zero-order valence-electron chi connectivity index (χ0n) is 22.3. The van der Waals surface area contributed by atoms with Crippen LogP contribution in [0.5, 0.6) is 0 Å². The van der Waals surface area contributed by atoms with Gasteiger partial charge in [-0.2, -0.15) is 52.7 Å². The van der Waals surface area contributed by atoms with Gasteiger partial charge in [0, 0.05) is 6.20 Å². The van der Waals surface area contributed by atoms with Gasteiger partial charge in [0.15, 0.2) is 40.5 Å². The van der Waals surface area contributed by atoms with E-state index in [0.717, 1.165) is 11.3 Å². The van der Waals surface area contributed by atoms with Crippen molar-refractivity contribution in [3.8, 4) is 0 Å². The fourth-order valence-corrected chi connectivity index (χ4v) is 1.72. The Bertz CT molecular complexity index is 1510. The molecule has 0 saturated carbocycles. The Hall–Kier alpha value is -1.73.